The summed E-state index contributed by atoms with van der Waals surface area (Å²) in [7, 11) is 0. The number of benzene rings is 3. The van der Waals surface area contributed by atoms with Gasteiger partial charge in [0.15, 0.2) is 6.61 Å². The van der Waals surface area contributed by atoms with Gasteiger partial charge in [-0.15, -0.1) is 0 Å². The molecule has 2 N–H and O–H groups in total. The third kappa shape index (κ3) is 5.07. The van der Waals surface area contributed by atoms with E-state index in [0.717, 1.165) is 20.8 Å². The van der Waals surface area contributed by atoms with Crippen molar-refractivity contribution in [3.05, 3.63) is 76.8 Å². The number of carbonyl (C=O) groups excluding carboxylic acids is 2. The third-order valence-corrected chi connectivity index (χ3v) is 4.19. The molecule has 0 spiro atoms. The average molecular weight is 413 g/mol. The topological polar surface area (TPSA) is 67.4 Å². The minimum absolute atomic E-state index is 0.235. The van der Waals surface area contributed by atoms with Gasteiger partial charge in [0, 0.05) is 11.0 Å². The van der Waals surface area contributed by atoms with Crippen molar-refractivity contribution >= 4 is 38.6 Å². The lowest BCUT2D eigenvalue weighted by atomic mass is 10.1. The van der Waals surface area contributed by atoms with E-state index in [1.807, 2.05) is 60.7 Å². The molecule has 0 aliphatic carbocycles. The molecule has 132 valence electrons. The Morgan fingerprint density at radius 2 is 1.65 bits per heavy atom. The largest absolute Gasteiger partial charge is 0.484 e. The number of hydrogen-bond acceptors (Lipinski definition) is 3. The Labute approximate surface area is 159 Å². The Balaban J connectivity index is 1.47. The molecule has 0 radical (unpaired) electrons. The summed E-state index contributed by atoms with van der Waals surface area (Å²) in [6, 6.07) is 20.4. The minimum Gasteiger partial charge on any atom is -0.484 e. The van der Waals surface area contributed by atoms with Crippen LogP contribution in [0.5, 0.6) is 5.75 Å². The molecule has 0 atom stereocenters. The lowest BCUT2D eigenvalue weighted by Crippen LogP contribution is -2.41. The summed E-state index contributed by atoms with van der Waals surface area (Å²) in [5.74, 6) is 0.0612. The summed E-state index contributed by atoms with van der Waals surface area (Å²) in [6.07, 6.45) is 0. The van der Waals surface area contributed by atoms with Gasteiger partial charge in [-0.2, -0.15) is 0 Å². The summed E-state index contributed by atoms with van der Waals surface area (Å²) in [5, 5.41) is 6.94. The monoisotopic (exact) mass is 412 g/mol. The second-order valence-electron chi connectivity index (χ2n) is 5.66. The molecule has 0 aliphatic rings. The molecule has 3 aromatic carbocycles. The molecular formula is C20H17BrN2O3. The molecule has 0 heterocycles. The maximum atomic E-state index is 11.8. The molecule has 26 heavy (non-hydrogen) atoms. The zero-order valence-corrected chi connectivity index (χ0v) is 15.5. The fourth-order valence-corrected chi connectivity index (χ4v) is 2.80. The van der Waals surface area contributed by atoms with Crippen molar-refractivity contribution < 1.29 is 14.3 Å². The molecule has 0 aliphatic heterocycles. The van der Waals surface area contributed by atoms with Crippen LogP contribution in [0.2, 0.25) is 0 Å². The van der Waals surface area contributed by atoms with Crippen molar-refractivity contribution in [1.29, 1.82) is 0 Å². The Morgan fingerprint density at radius 1 is 0.923 bits per heavy atom. The highest BCUT2D eigenvalue weighted by molar-refractivity contribution is 9.10. The van der Waals surface area contributed by atoms with Gasteiger partial charge in [0.05, 0.1) is 0 Å². The van der Waals surface area contributed by atoms with E-state index >= 15 is 0 Å². The molecule has 5 nitrogen and oxygen atoms in total. The molecule has 0 bridgehead atoms. The quantitative estimate of drug-likeness (QED) is 0.665. The van der Waals surface area contributed by atoms with E-state index in [4.69, 9.17) is 4.74 Å². The van der Waals surface area contributed by atoms with Crippen LogP contribution in [0.4, 0.5) is 4.79 Å². The van der Waals surface area contributed by atoms with Crippen LogP contribution in [-0.4, -0.2) is 18.5 Å². The number of amides is 3. The minimum atomic E-state index is -0.550. The van der Waals surface area contributed by atoms with Crippen LogP contribution < -0.4 is 15.4 Å². The number of fused-ring (bicyclic) bond motifs is 1. The van der Waals surface area contributed by atoms with Crippen LogP contribution in [0, 0.1) is 0 Å². The van der Waals surface area contributed by atoms with Gasteiger partial charge >= 0.3 is 6.03 Å². The van der Waals surface area contributed by atoms with Crippen LogP contribution in [0.1, 0.15) is 5.56 Å². The first-order chi connectivity index (χ1) is 12.6. The molecule has 0 saturated carbocycles. The van der Waals surface area contributed by atoms with E-state index < -0.39 is 11.9 Å². The van der Waals surface area contributed by atoms with Crippen molar-refractivity contribution in [3.63, 3.8) is 0 Å². The number of rotatable bonds is 5. The molecule has 3 amide bonds. The van der Waals surface area contributed by atoms with E-state index in [1.54, 1.807) is 6.07 Å². The predicted octanol–water partition coefficient (Wildman–Crippen LogP) is 4.01. The molecule has 3 rings (SSSR count). The predicted molar refractivity (Wildman–Crippen MR) is 104 cm³/mol. The number of carbonyl (C=O) groups is 2. The zero-order valence-electron chi connectivity index (χ0n) is 13.9. The Morgan fingerprint density at radius 3 is 2.46 bits per heavy atom. The first kappa shape index (κ1) is 17.9. The van der Waals surface area contributed by atoms with Gasteiger partial charge in [-0.05, 0) is 40.6 Å². The molecule has 0 saturated heterocycles. The fraction of sp³-hybridized carbons (Fsp3) is 0.100. The highest BCUT2D eigenvalue weighted by Crippen LogP contribution is 2.24. The third-order valence-electron chi connectivity index (χ3n) is 3.69. The molecule has 6 heteroatoms. The standard InChI is InChI=1S/C20H17BrN2O3/c21-17-8-6-16-11-18(9-7-15(16)10-17)26-13-19(24)23-20(25)22-12-14-4-2-1-3-5-14/h1-11H,12-13H2,(H2,22,23,24,25). The molecule has 0 fully saturated rings. The van der Waals surface area contributed by atoms with Crippen molar-refractivity contribution in [3.8, 4) is 5.75 Å². The number of hydrogen-bond donors (Lipinski definition) is 2. The second-order valence-corrected chi connectivity index (χ2v) is 6.57. The maximum Gasteiger partial charge on any atom is 0.321 e. The van der Waals surface area contributed by atoms with Crippen molar-refractivity contribution in [2.75, 3.05) is 6.61 Å². The number of halogens is 1. The van der Waals surface area contributed by atoms with Gasteiger partial charge in [-0.3, -0.25) is 10.1 Å². The average Bonchev–Trinajstić information content (AvgIpc) is 2.65. The number of imide groups is 1. The molecule has 0 unspecified atom stereocenters. The van der Waals surface area contributed by atoms with Crippen LogP contribution >= 0.6 is 15.9 Å². The summed E-state index contributed by atoms with van der Waals surface area (Å²) in [4.78, 5) is 23.6. The van der Waals surface area contributed by atoms with E-state index in [1.165, 1.54) is 0 Å². The van der Waals surface area contributed by atoms with E-state index in [0.29, 0.717) is 12.3 Å². The number of urea groups is 1. The van der Waals surface area contributed by atoms with Gasteiger partial charge < -0.3 is 10.1 Å². The van der Waals surface area contributed by atoms with Crippen molar-refractivity contribution in [2.24, 2.45) is 0 Å². The van der Waals surface area contributed by atoms with Crippen LogP contribution in [0.15, 0.2) is 71.2 Å². The normalized spacial score (nSPS) is 10.3. The summed E-state index contributed by atoms with van der Waals surface area (Å²) < 4.78 is 6.47. The van der Waals surface area contributed by atoms with Gasteiger partial charge in [-0.25, -0.2) is 4.79 Å². The lowest BCUT2D eigenvalue weighted by molar-refractivity contribution is -0.122. The molecule has 0 aromatic heterocycles. The van der Waals surface area contributed by atoms with E-state index in [9.17, 15) is 9.59 Å². The van der Waals surface area contributed by atoms with Crippen LogP contribution in [0.25, 0.3) is 10.8 Å². The summed E-state index contributed by atoms with van der Waals surface area (Å²) in [5.41, 5.74) is 0.953. The first-order valence-corrected chi connectivity index (χ1v) is 8.83. The maximum absolute atomic E-state index is 11.8. The van der Waals surface area contributed by atoms with Gasteiger partial charge in [0.2, 0.25) is 0 Å². The van der Waals surface area contributed by atoms with Gasteiger partial charge in [0.1, 0.15) is 5.75 Å². The summed E-state index contributed by atoms with van der Waals surface area (Å²) >= 11 is 3.43. The SMILES string of the molecule is O=C(COc1ccc2cc(Br)ccc2c1)NC(=O)NCc1ccccc1. The number of nitrogens with one attached hydrogen (secondary N) is 2. The van der Waals surface area contributed by atoms with Crippen LogP contribution in [0.3, 0.4) is 0 Å². The smallest absolute Gasteiger partial charge is 0.321 e. The zero-order chi connectivity index (χ0) is 18.4. The van der Waals surface area contributed by atoms with E-state index in [-0.39, 0.29) is 6.61 Å². The van der Waals surface area contributed by atoms with Crippen molar-refractivity contribution in [2.45, 2.75) is 6.54 Å². The van der Waals surface area contributed by atoms with E-state index in [2.05, 4.69) is 26.6 Å². The lowest BCUT2D eigenvalue weighted by Gasteiger charge is -2.09. The Bertz CT molecular complexity index is 929. The number of ether oxygens (including phenoxy) is 1. The molecule has 3 aromatic rings. The van der Waals surface area contributed by atoms with Crippen molar-refractivity contribution in [1.82, 2.24) is 10.6 Å². The highest BCUT2D eigenvalue weighted by Gasteiger charge is 2.08. The molecular weight excluding hydrogens is 396 g/mol. The first-order valence-electron chi connectivity index (χ1n) is 8.04. The summed E-state index contributed by atoms with van der Waals surface area (Å²) in [6.45, 7) is 0.113. The van der Waals surface area contributed by atoms with Gasteiger partial charge in [-0.1, -0.05) is 58.4 Å². The Hall–Kier alpha value is -2.86. The second kappa shape index (κ2) is 8.49. The fourth-order valence-electron chi connectivity index (χ4n) is 2.42. The highest BCUT2D eigenvalue weighted by atomic mass is 79.9. The van der Waals surface area contributed by atoms with Crippen LogP contribution in [-0.2, 0) is 11.3 Å². The Kier molecular flexibility index (Phi) is 5.86. The van der Waals surface area contributed by atoms with Gasteiger partial charge in [0.25, 0.3) is 5.91 Å².